The molecule has 2 rings (SSSR count). The van der Waals surface area contributed by atoms with Gasteiger partial charge >= 0.3 is 5.97 Å². The Morgan fingerprint density at radius 2 is 1.86 bits per heavy atom. The summed E-state index contributed by atoms with van der Waals surface area (Å²) in [4.78, 5) is 25.7. The molecule has 0 bridgehead atoms. The second-order valence-electron chi connectivity index (χ2n) is 5.58. The average molecular weight is 388 g/mol. The topological polar surface area (TPSA) is 79.6 Å². The zero-order chi connectivity index (χ0) is 20.5. The molecule has 146 valence electrons. The molecule has 28 heavy (non-hydrogen) atoms. The van der Waals surface area contributed by atoms with Crippen LogP contribution in [0.4, 0.5) is 14.5 Å². The third-order valence-electron chi connectivity index (χ3n) is 3.69. The highest BCUT2D eigenvalue weighted by Crippen LogP contribution is 2.20. The Hall–Kier alpha value is -3.47. The summed E-state index contributed by atoms with van der Waals surface area (Å²) in [6.07, 6.45) is 0.0689. The summed E-state index contributed by atoms with van der Waals surface area (Å²) in [5.41, 5.74) is 0.0200. The highest BCUT2D eigenvalue weighted by atomic mass is 19.1. The zero-order valence-electron chi connectivity index (χ0n) is 15.2. The Morgan fingerprint density at radius 1 is 1.14 bits per heavy atom. The minimum absolute atomic E-state index is 0.0689. The standard InChI is InChI=1S/C20H18F2N2O4/c1-2-27-16-7-5-15(6-8-16)24(11-3-10-23)19(25)13-28-20(26)17-9-4-14(21)12-18(17)22/h4-9,12H,2-3,11,13H2,1H3. The fourth-order valence-corrected chi connectivity index (χ4v) is 2.39. The van der Waals surface area contributed by atoms with Gasteiger partial charge in [-0.2, -0.15) is 5.26 Å². The van der Waals surface area contributed by atoms with Crippen molar-refractivity contribution in [3.05, 3.63) is 59.7 Å². The number of benzene rings is 2. The number of anilines is 1. The van der Waals surface area contributed by atoms with Crippen molar-refractivity contribution in [2.75, 3.05) is 24.7 Å². The molecule has 1 amide bonds. The van der Waals surface area contributed by atoms with Gasteiger partial charge in [0.15, 0.2) is 6.61 Å². The van der Waals surface area contributed by atoms with Crippen molar-refractivity contribution in [1.82, 2.24) is 0 Å². The molecule has 0 saturated heterocycles. The van der Waals surface area contributed by atoms with E-state index in [-0.39, 0.29) is 13.0 Å². The van der Waals surface area contributed by atoms with Crippen molar-refractivity contribution in [3.63, 3.8) is 0 Å². The molecule has 0 N–H and O–H groups in total. The fourth-order valence-electron chi connectivity index (χ4n) is 2.39. The molecule has 0 unspecified atom stereocenters. The quantitative estimate of drug-likeness (QED) is 0.647. The number of ether oxygens (including phenoxy) is 2. The van der Waals surface area contributed by atoms with Gasteiger partial charge in [0, 0.05) is 18.3 Å². The molecule has 0 aromatic heterocycles. The monoisotopic (exact) mass is 388 g/mol. The lowest BCUT2D eigenvalue weighted by Gasteiger charge is -2.22. The number of hydrogen-bond acceptors (Lipinski definition) is 5. The first-order valence-corrected chi connectivity index (χ1v) is 8.48. The molecular formula is C20H18F2N2O4. The summed E-state index contributed by atoms with van der Waals surface area (Å²) in [5, 5.41) is 8.81. The third-order valence-corrected chi connectivity index (χ3v) is 3.69. The van der Waals surface area contributed by atoms with Crippen LogP contribution in [0.15, 0.2) is 42.5 Å². The number of halogens is 2. The molecule has 0 heterocycles. The SMILES string of the molecule is CCOc1ccc(N(CCC#N)C(=O)COC(=O)c2ccc(F)cc2F)cc1. The molecule has 0 spiro atoms. The highest BCUT2D eigenvalue weighted by molar-refractivity contribution is 5.97. The van der Waals surface area contributed by atoms with E-state index in [9.17, 15) is 18.4 Å². The van der Waals surface area contributed by atoms with Crippen LogP contribution in [0, 0.1) is 23.0 Å². The van der Waals surface area contributed by atoms with Crippen LogP contribution in [0.25, 0.3) is 0 Å². The van der Waals surface area contributed by atoms with E-state index in [0.717, 1.165) is 12.1 Å². The minimum Gasteiger partial charge on any atom is -0.494 e. The van der Waals surface area contributed by atoms with Gasteiger partial charge in [0.25, 0.3) is 5.91 Å². The smallest absolute Gasteiger partial charge is 0.341 e. The molecular weight excluding hydrogens is 370 g/mol. The van der Waals surface area contributed by atoms with Crippen molar-refractivity contribution in [1.29, 1.82) is 5.26 Å². The van der Waals surface area contributed by atoms with Gasteiger partial charge in [0.05, 0.1) is 24.7 Å². The van der Waals surface area contributed by atoms with Crippen molar-refractivity contribution in [2.45, 2.75) is 13.3 Å². The zero-order valence-corrected chi connectivity index (χ0v) is 15.2. The van der Waals surface area contributed by atoms with Crippen molar-refractivity contribution < 1.29 is 27.8 Å². The first kappa shape index (κ1) is 20.8. The van der Waals surface area contributed by atoms with Crippen LogP contribution in [-0.2, 0) is 9.53 Å². The summed E-state index contributed by atoms with van der Waals surface area (Å²) >= 11 is 0. The number of esters is 1. The van der Waals surface area contributed by atoms with Crippen LogP contribution in [0.3, 0.4) is 0 Å². The Kier molecular flexibility index (Phi) is 7.45. The van der Waals surface area contributed by atoms with Gasteiger partial charge < -0.3 is 14.4 Å². The van der Waals surface area contributed by atoms with Gasteiger partial charge in [-0.25, -0.2) is 13.6 Å². The van der Waals surface area contributed by atoms with Crippen LogP contribution in [0.2, 0.25) is 0 Å². The van der Waals surface area contributed by atoms with E-state index < -0.39 is 35.7 Å². The molecule has 0 aliphatic rings. The molecule has 8 heteroatoms. The minimum atomic E-state index is -1.09. The molecule has 0 aliphatic carbocycles. The first-order chi connectivity index (χ1) is 13.5. The van der Waals surface area contributed by atoms with Gasteiger partial charge in [-0.05, 0) is 43.3 Å². The number of nitrogens with zero attached hydrogens (tertiary/aromatic N) is 2. The lowest BCUT2D eigenvalue weighted by molar-refractivity contribution is -0.121. The number of hydrogen-bond donors (Lipinski definition) is 0. The summed E-state index contributed by atoms with van der Waals surface area (Å²) in [6, 6.07) is 11.0. The van der Waals surface area contributed by atoms with Crippen LogP contribution >= 0.6 is 0 Å². The lowest BCUT2D eigenvalue weighted by atomic mass is 10.2. The summed E-state index contributed by atoms with van der Waals surface area (Å²) in [7, 11) is 0. The molecule has 2 aromatic rings. The maximum atomic E-state index is 13.6. The Labute approximate surface area is 160 Å². The predicted octanol–water partition coefficient (Wildman–Crippen LogP) is 3.47. The second kappa shape index (κ2) is 10.0. The van der Waals surface area contributed by atoms with E-state index in [0.29, 0.717) is 24.1 Å². The van der Waals surface area contributed by atoms with E-state index in [4.69, 9.17) is 14.7 Å². The number of amides is 1. The molecule has 2 aromatic carbocycles. The van der Waals surface area contributed by atoms with Crippen LogP contribution < -0.4 is 9.64 Å². The van der Waals surface area contributed by atoms with Gasteiger partial charge in [-0.3, -0.25) is 4.79 Å². The average Bonchev–Trinajstić information content (AvgIpc) is 2.68. The van der Waals surface area contributed by atoms with Crippen LogP contribution in [0.1, 0.15) is 23.7 Å². The Bertz CT molecular complexity index is 879. The van der Waals surface area contributed by atoms with Crippen molar-refractivity contribution in [2.24, 2.45) is 0 Å². The molecule has 6 nitrogen and oxygen atoms in total. The number of rotatable bonds is 8. The third kappa shape index (κ3) is 5.51. The van der Waals surface area contributed by atoms with Crippen LogP contribution in [-0.4, -0.2) is 31.6 Å². The van der Waals surface area contributed by atoms with E-state index >= 15 is 0 Å². The second-order valence-corrected chi connectivity index (χ2v) is 5.58. The van der Waals surface area contributed by atoms with Gasteiger partial charge in [0.2, 0.25) is 0 Å². The maximum absolute atomic E-state index is 13.6. The largest absolute Gasteiger partial charge is 0.494 e. The highest BCUT2D eigenvalue weighted by Gasteiger charge is 2.20. The predicted molar refractivity (Wildman–Crippen MR) is 96.8 cm³/mol. The molecule has 0 aliphatic heterocycles. The molecule has 0 fully saturated rings. The van der Waals surface area contributed by atoms with Crippen molar-refractivity contribution in [3.8, 4) is 11.8 Å². The van der Waals surface area contributed by atoms with E-state index in [1.807, 2.05) is 13.0 Å². The van der Waals surface area contributed by atoms with E-state index in [1.54, 1.807) is 24.3 Å². The van der Waals surface area contributed by atoms with E-state index in [1.165, 1.54) is 4.90 Å². The van der Waals surface area contributed by atoms with Crippen molar-refractivity contribution >= 4 is 17.6 Å². The van der Waals surface area contributed by atoms with Gasteiger partial charge in [-0.15, -0.1) is 0 Å². The Balaban J connectivity index is 2.08. The van der Waals surface area contributed by atoms with E-state index in [2.05, 4.69) is 0 Å². The molecule has 0 atom stereocenters. The summed E-state index contributed by atoms with van der Waals surface area (Å²) < 4.78 is 36.8. The summed E-state index contributed by atoms with van der Waals surface area (Å²) in [5.74, 6) is -2.96. The Morgan fingerprint density at radius 3 is 2.46 bits per heavy atom. The van der Waals surface area contributed by atoms with Gasteiger partial charge in [-0.1, -0.05) is 0 Å². The van der Waals surface area contributed by atoms with Gasteiger partial charge in [0.1, 0.15) is 17.4 Å². The number of carbonyl (C=O) groups is 2. The normalized spacial score (nSPS) is 10.1. The van der Waals surface area contributed by atoms with Crippen LogP contribution in [0.5, 0.6) is 5.75 Å². The number of carbonyl (C=O) groups excluding carboxylic acids is 2. The number of nitriles is 1. The molecule has 0 radical (unpaired) electrons. The maximum Gasteiger partial charge on any atom is 0.341 e. The first-order valence-electron chi connectivity index (χ1n) is 8.48. The summed E-state index contributed by atoms with van der Waals surface area (Å²) in [6.45, 7) is 1.77. The fraction of sp³-hybridized carbons (Fsp3) is 0.250. The lowest BCUT2D eigenvalue weighted by Crippen LogP contribution is -2.35. The molecule has 0 saturated carbocycles.